The molecular formula is C13H11NO7. The van der Waals surface area contributed by atoms with E-state index in [1.54, 1.807) is 6.07 Å². The number of carbonyl (C=O) groups is 1. The van der Waals surface area contributed by atoms with Gasteiger partial charge < -0.3 is 19.0 Å². The Labute approximate surface area is 118 Å². The largest absolute Gasteiger partial charge is 0.497 e. The van der Waals surface area contributed by atoms with E-state index in [9.17, 15) is 14.9 Å². The van der Waals surface area contributed by atoms with Crippen molar-refractivity contribution in [3.8, 4) is 11.5 Å². The third-order valence-electron chi connectivity index (χ3n) is 2.61. The second-order valence-corrected chi connectivity index (χ2v) is 3.95. The Bertz CT molecular complexity index is 677. The van der Waals surface area contributed by atoms with Gasteiger partial charge in [0.25, 0.3) is 0 Å². The molecule has 0 bridgehead atoms. The van der Waals surface area contributed by atoms with Crippen molar-refractivity contribution in [3.63, 3.8) is 0 Å². The van der Waals surface area contributed by atoms with Crippen LogP contribution < -0.4 is 9.47 Å². The Hall–Kier alpha value is -3.03. The maximum Gasteiger partial charge on any atom is 0.433 e. The molecule has 0 aliphatic carbocycles. The molecule has 0 atom stereocenters. The van der Waals surface area contributed by atoms with Gasteiger partial charge in [-0.2, -0.15) is 0 Å². The van der Waals surface area contributed by atoms with Crippen LogP contribution in [0.5, 0.6) is 11.5 Å². The lowest BCUT2D eigenvalue weighted by molar-refractivity contribution is -0.402. The highest BCUT2D eigenvalue weighted by Crippen LogP contribution is 2.25. The van der Waals surface area contributed by atoms with Gasteiger partial charge in [-0.3, -0.25) is 10.1 Å². The molecule has 0 amide bonds. The van der Waals surface area contributed by atoms with Crippen molar-refractivity contribution >= 4 is 11.9 Å². The molecule has 8 heteroatoms. The van der Waals surface area contributed by atoms with Crippen LogP contribution in [0.4, 0.5) is 5.88 Å². The van der Waals surface area contributed by atoms with Crippen molar-refractivity contribution in [1.82, 2.24) is 0 Å². The summed E-state index contributed by atoms with van der Waals surface area (Å²) in [5.74, 6) is -0.860. The highest BCUT2D eigenvalue weighted by Gasteiger charge is 2.15. The van der Waals surface area contributed by atoms with Gasteiger partial charge in [-0.1, -0.05) is 0 Å². The van der Waals surface area contributed by atoms with E-state index in [1.807, 2.05) is 0 Å². The van der Waals surface area contributed by atoms with Crippen LogP contribution >= 0.6 is 0 Å². The fourth-order valence-corrected chi connectivity index (χ4v) is 1.62. The first kappa shape index (κ1) is 14.4. The maximum atomic E-state index is 11.1. The summed E-state index contributed by atoms with van der Waals surface area (Å²) in [7, 11) is 1.42. The Balaban J connectivity index is 2.15. The average molecular weight is 293 g/mol. The molecule has 0 spiro atoms. The Morgan fingerprint density at radius 3 is 2.71 bits per heavy atom. The predicted molar refractivity (Wildman–Crippen MR) is 69.6 cm³/mol. The third-order valence-corrected chi connectivity index (χ3v) is 2.61. The topological polar surface area (TPSA) is 112 Å². The summed E-state index contributed by atoms with van der Waals surface area (Å²) in [6.07, 6.45) is 0. The lowest BCUT2D eigenvalue weighted by Crippen LogP contribution is -2.03. The van der Waals surface area contributed by atoms with Crippen LogP contribution in [-0.2, 0) is 6.61 Å². The molecule has 0 aliphatic rings. The first-order chi connectivity index (χ1) is 10.0. The second-order valence-electron chi connectivity index (χ2n) is 3.95. The summed E-state index contributed by atoms with van der Waals surface area (Å²) in [6, 6.07) is 6.90. The van der Waals surface area contributed by atoms with E-state index in [2.05, 4.69) is 0 Å². The number of nitro groups is 1. The molecule has 0 saturated heterocycles. The molecule has 8 nitrogen and oxygen atoms in total. The number of benzene rings is 1. The number of furan rings is 1. The molecule has 2 aromatic rings. The van der Waals surface area contributed by atoms with Crippen molar-refractivity contribution in [2.45, 2.75) is 6.61 Å². The van der Waals surface area contributed by atoms with Crippen LogP contribution in [-0.4, -0.2) is 23.1 Å². The third kappa shape index (κ3) is 3.30. The molecule has 0 aliphatic heterocycles. The quantitative estimate of drug-likeness (QED) is 0.643. The zero-order valence-corrected chi connectivity index (χ0v) is 10.9. The van der Waals surface area contributed by atoms with E-state index < -0.39 is 16.8 Å². The summed E-state index contributed by atoms with van der Waals surface area (Å²) in [5.41, 5.74) is -0.0737. The fourth-order valence-electron chi connectivity index (χ4n) is 1.62. The van der Waals surface area contributed by atoms with E-state index >= 15 is 0 Å². The van der Waals surface area contributed by atoms with E-state index in [4.69, 9.17) is 19.0 Å². The van der Waals surface area contributed by atoms with Crippen molar-refractivity contribution in [2.24, 2.45) is 0 Å². The molecule has 0 unspecified atom stereocenters. The Morgan fingerprint density at radius 2 is 2.14 bits per heavy atom. The predicted octanol–water partition coefficient (Wildman–Crippen LogP) is 2.47. The molecule has 0 fully saturated rings. The number of hydrogen-bond acceptors (Lipinski definition) is 6. The highest BCUT2D eigenvalue weighted by atomic mass is 16.6. The van der Waals surface area contributed by atoms with E-state index in [-0.39, 0.29) is 23.7 Å². The van der Waals surface area contributed by atoms with Gasteiger partial charge in [0.2, 0.25) is 0 Å². The number of methoxy groups -OCH3 is 1. The van der Waals surface area contributed by atoms with Gasteiger partial charge in [0, 0.05) is 0 Å². The van der Waals surface area contributed by atoms with Gasteiger partial charge in [0.05, 0.1) is 13.2 Å². The number of carboxylic acid groups (broad SMARTS) is 1. The zero-order valence-electron chi connectivity index (χ0n) is 10.9. The van der Waals surface area contributed by atoms with Crippen LogP contribution in [0.3, 0.4) is 0 Å². The summed E-state index contributed by atoms with van der Waals surface area (Å²) in [4.78, 5) is 21.0. The minimum atomic E-state index is -1.17. The fraction of sp³-hybridized carbons (Fsp3) is 0.154. The highest BCUT2D eigenvalue weighted by molar-refractivity contribution is 5.91. The number of hydrogen-bond donors (Lipinski definition) is 1. The number of aromatic carboxylic acids is 1. The van der Waals surface area contributed by atoms with Crippen molar-refractivity contribution in [3.05, 3.63) is 51.8 Å². The van der Waals surface area contributed by atoms with Crippen LogP contribution in [0, 0.1) is 10.1 Å². The van der Waals surface area contributed by atoms with Gasteiger partial charge in [0.15, 0.2) is 0 Å². The molecule has 0 saturated carbocycles. The number of ether oxygens (including phenoxy) is 2. The zero-order chi connectivity index (χ0) is 15.4. The molecule has 0 radical (unpaired) electrons. The van der Waals surface area contributed by atoms with Crippen molar-refractivity contribution < 1.29 is 28.7 Å². The number of carboxylic acids is 1. The molecule has 1 aromatic heterocycles. The minimum absolute atomic E-state index is 0.0737. The summed E-state index contributed by atoms with van der Waals surface area (Å²) in [5, 5.41) is 19.6. The van der Waals surface area contributed by atoms with Crippen molar-refractivity contribution in [2.75, 3.05) is 7.11 Å². The van der Waals surface area contributed by atoms with E-state index in [1.165, 1.54) is 31.4 Å². The minimum Gasteiger partial charge on any atom is -0.497 e. The molecule has 1 N–H and O–H groups in total. The smallest absolute Gasteiger partial charge is 0.433 e. The van der Waals surface area contributed by atoms with Gasteiger partial charge in [-0.15, -0.1) is 0 Å². The maximum absolute atomic E-state index is 11.1. The first-order valence-corrected chi connectivity index (χ1v) is 5.78. The summed E-state index contributed by atoms with van der Waals surface area (Å²) >= 11 is 0. The molecular weight excluding hydrogens is 282 g/mol. The molecule has 2 rings (SSSR count). The molecule has 110 valence electrons. The SMILES string of the molecule is COc1ccc(OCc2ccc([N+](=O)[O-])o2)c(C(=O)O)c1. The Morgan fingerprint density at radius 1 is 1.38 bits per heavy atom. The van der Waals surface area contributed by atoms with Gasteiger partial charge in [0.1, 0.15) is 34.4 Å². The molecule has 1 aromatic carbocycles. The average Bonchev–Trinajstić information content (AvgIpc) is 2.94. The van der Waals surface area contributed by atoms with Gasteiger partial charge in [-0.25, -0.2) is 4.79 Å². The van der Waals surface area contributed by atoms with Crippen LogP contribution in [0.25, 0.3) is 0 Å². The number of rotatable bonds is 6. The Kier molecular flexibility index (Phi) is 4.07. The number of nitrogens with zero attached hydrogens (tertiary/aromatic N) is 1. The lowest BCUT2D eigenvalue weighted by atomic mass is 10.2. The monoisotopic (exact) mass is 293 g/mol. The first-order valence-electron chi connectivity index (χ1n) is 5.78. The van der Waals surface area contributed by atoms with Gasteiger partial charge in [-0.05, 0) is 24.3 Å². The summed E-state index contributed by atoms with van der Waals surface area (Å²) in [6.45, 7) is -0.125. The second kappa shape index (κ2) is 5.95. The van der Waals surface area contributed by atoms with Gasteiger partial charge >= 0.3 is 11.9 Å². The standard InChI is InChI=1S/C13H11NO7/c1-19-8-2-4-11(10(6-8)13(15)16)20-7-9-3-5-12(21-9)14(17)18/h2-6H,7H2,1H3,(H,15,16). The van der Waals surface area contributed by atoms with Crippen LogP contribution in [0.2, 0.25) is 0 Å². The molecule has 21 heavy (non-hydrogen) atoms. The van der Waals surface area contributed by atoms with E-state index in [0.29, 0.717) is 5.75 Å². The van der Waals surface area contributed by atoms with E-state index in [0.717, 1.165) is 0 Å². The van der Waals surface area contributed by atoms with Crippen LogP contribution in [0.1, 0.15) is 16.1 Å². The van der Waals surface area contributed by atoms with Crippen LogP contribution in [0.15, 0.2) is 34.7 Å². The lowest BCUT2D eigenvalue weighted by Gasteiger charge is -2.09. The molecule has 1 heterocycles. The van der Waals surface area contributed by atoms with Crippen molar-refractivity contribution in [1.29, 1.82) is 0 Å². The summed E-state index contributed by atoms with van der Waals surface area (Å²) < 4.78 is 15.2. The normalized spacial score (nSPS) is 10.1.